The van der Waals surface area contributed by atoms with Gasteiger partial charge in [0.2, 0.25) is 10.0 Å². The van der Waals surface area contributed by atoms with Crippen LogP contribution in [0.4, 0.5) is 0 Å². The number of benzene rings is 1. The normalized spacial score (nSPS) is 11.6. The molecule has 0 fully saturated rings. The number of unbranched alkanes of at least 4 members (excludes halogenated alkanes) is 2. The summed E-state index contributed by atoms with van der Waals surface area (Å²) in [4.78, 5) is 0.267. The summed E-state index contributed by atoms with van der Waals surface area (Å²) in [6, 6.07) is 6.50. The molecule has 0 saturated carbocycles. The predicted octanol–water partition coefficient (Wildman–Crippen LogP) is 1.89. The molecule has 4 nitrogen and oxygen atoms in total. The molecule has 0 aliphatic carbocycles. The van der Waals surface area contributed by atoms with E-state index in [9.17, 15) is 8.42 Å². The van der Waals surface area contributed by atoms with Crippen molar-refractivity contribution in [3.63, 3.8) is 0 Å². The van der Waals surface area contributed by atoms with Gasteiger partial charge in [-0.05, 0) is 43.5 Å². The third-order valence-electron chi connectivity index (χ3n) is 2.25. The lowest BCUT2D eigenvalue weighted by molar-refractivity contribution is 0.283. The monoisotopic (exact) mass is 321 g/mol. The Bertz CT molecular complexity index is 431. The van der Waals surface area contributed by atoms with Crippen molar-refractivity contribution in [1.29, 1.82) is 0 Å². The molecule has 0 atom stereocenters. The Labute approximate surface area is 110 Å². The molecule has 1 aromatic rings. The molecule has 0 spiro atoms. The lowest BCUT2D eigenvalue weighted by Gasteiger charge is -2.06. The summed E-state index contributed by atoms with van der Waals surface area (Å²) in [5.41, 5.74) is 0. The molecule has 0 radical (unpaired) electrons. The third-order valence-corrected chi connectivity index (χ3v) is 4.26. The van der Waals surface area contributed by atoms with E-state index in [1.165, 1.54) is 0 Å². The maximum Gasteiger partial charge on any atom is 0.240 e. The zero-order valence-electron chi connectivity index (χ0n) is 9.39. The summed E-state index contributed by atoms with van der Waals surface area (Å²) < 4.78 is 27.0. The van der Waals surface area contributed by atoms with E-state index in [2.05, 4.69) is 20.7 Å². The zero-order valence-corrected chi connectivity index (χ0v) is 11.8. The highest BCUT2D eigenvalue weighted by atomic mass is 79.9. The zero-order chi connectivity index (χ0) is 12.7. The molecule has 0 aromatic heterocycles. The molecule has 0 aliphatic heterocycles. The fraction of sp³-hybridized carbons (Fsp3) is 0.455. The molecule has 0 amide bonds. The first-order chi connectivity index (χ1) is 8.06. The van der Waals surface area contributed by atoms with Crippen molar-refractivity contribution in [2.24, 2.45) is 0 Å². The van der Waals surface area contributed by atoms with Crippen molar-refractivity contribution in [2.75, 3.05) is 13.2 Å². The fourth-order valence-corrected chi connectivity index (χ4v) is 2.66. The van der Waals surface area contributed by atoms with Gasteiger partial charge in [0.15, 0.2) is 0 Å². The van der Waals surface area contributed by atoms with Crippen molar-refractivity contribution in [1.82, 2.24) is 4.72 Å². The highest BCUT2D eigenvalue weighted by Gasteiger charge is 2.12. The molecule has 0 aliphatic rings. The maximum atomic E-state index is 11.8. The van der Waals surface area contributed by atoms with Crippen molar-refractivity contribution < 1.29 is 13.5 Å². The lowest BCUT2D eigenvalue weighted by atomic mass is 10.2. The van der Waals surface area contributed by atoms with E-state index >= 15 is 0 Å². The number of rotatable bonds is 7. The van der Waals surface area contributed by atoms with Crippen LogP contribution in [0.1, 0.15) is 19.3 Å². The number of nitrogens with one attached hydrogen (secondary N) is 1. The molecule has 2 N–H and O–H groups in total. The number of aliphatic hydroxyl groups is 1. The average Bonchev–Trinajstić information content (AvgIpc) is 2.29. The Morgan fingerprint density at radius 2 is 1.76 bits per heavy atom. The smallest absolute Gasteiger partial charge is 0.240 e. The standard InChI is InChI=1S/C11H16BrNO3S/c12-10-4-6-11(7-5-10)17(15,16)13-8-2-1-3-9-14/h4-7,13-14H,1-3,8-9H2. The van der Waals surface area contributed by atoms with Crippen molar-refractivity contribution in [3.05, 3.63) is 28.7 Å². The van der Waals surface area contributed by atoms with Gasteiger partial charge in [0.25, 0.3) is 0 Å². The molecule has 96 valence electrons. The van der Waals surface area contributed by atoms with Crippen LogP contribution in [0.5, 0.6) is 0 Å². The number of sulfonamides is 1. The van der Waals surface area contributed by atoms with E-state index in [0.717, 1.165) is 17.3 Å². The van der Waals surface area contributed by atoms with Gasteiger partial charge >= 0.3 is 0 Å². The molecule has 0 saturated heterocycles. The predicted molar refractivity (Wildman–Crippen MR) is 70.3 cm³/mol. The largest absolute Gasteiger partial charge is 0.396 e. The number of halogens is 1. The van der Waals surface area contributed by atoms with Crippen LogP contribution < -0.4 is 4.72 Å². The molecule has 6 heteroatoms. The highest BCUT2D eigenvalue weighted by molar-refractivity contribution is 9.10. The second kappa shape index (κ2) is 7.10. The van der Waals surface area contributed by atoms with Crippen molar-refractivity contribution >= 4 is 26.0 Å². The minimum Gasteiger partial charge on any atom is -0.396 e. The van der Waals surface area contributed by atoms with Crippen LogP contribution in [0.2, 0.25) is 0 Å². The molecular weight excluding hydrogens is 306 g/mol. The number of hydrogen-bond acceptors (Lipinski definition) is 3. The van der Waals surface area contributed by atoms with Crippen LogP contribution in [-0.2, 0) is 10.0 Å². The minimum atomic E-state index is -3.40. The Balaban J connectivity index is 2.48. The van der Waals surface area contributed by atoms with Gasteiger partial charge in [-0.15, -0.1) is 0 Å². The lowest BCUT2D eigenvalue weighted by Crippen LogP contribution is -2.24. The highest BCUT2D eigenvalue weighted by Crippen LogP contribution is 2.14. The van der Waals surface area contributed by atoms with Gasteiger partial charge in [0.1, 0.15) is 0 Å². The van der Waals surface area contributed by atoms with Crippen molar-refractivity contribution in [2.45, 2.75) is 24.2 Å². The number of aliphatic hydroxyl groups excluding tert-OH is 1. The summed E-state index contributed by atoms with van der Waals surface area (Å²) in [6.45, 7) is 0.553. The van der Waals surface area contributed by atoms with Crippen LogP contribution in [0.25, 0.3) is 0 Å². The van der Waals surface area contributed by atoms with E-state index in [4.69, 9.17) is 5.11 Å². The third kappa shape index (κ3) is 5.16. The fourth-order valence-electron chi connectivity index (χ4n) is 1.32. The summed E-state index contributed by atoms with van der Waals surface area (Å²) >= 11 is 3.25. The molecule has 0 unspecified atom stereocenters. The molecular formula is C11H16BrNO3S. The Morgan fingerprint density at radius 3 is 2.35 bits per heavy atom. The van der Waals surface area contributed by atoms with Gasteiger partial charge in [-0.3, -0.25) is 0 Å². The first kappa shape index (κ1) is 14.6. The Morgan fingerprint density at radius 1 is 1.12 bits per heavy atom. The summed E-state index contributed by atoms with van der Waals surface area (Å²) in [7, 11) is -3.40. The van der Waals surface area contributed by atoms with E-state index in [1.54, 1.807) is 24.3 Å². The van der Waals surface area contributed by atoms with E-state index in [-0.39, 0.29) is 11.5 Å². The molecule has 17 heavy (non-hydrogen) atoms. The van der Waals surface area contributed by atoms with Gasteiger partial charge in [-0.1, -0.05) is 15.9 Å². The summed E-state index contributed by atoms with van der Waals surface area (Å²) in [5, 5.41) is 8.59. The average molecular weight is 322 g/mol. The van der Waals surface area contributed by atoms with E-state index in [1.807, 2.05) is 0 Å². The van der Waals surface area contributed by atoms with Gasteiger partial charge in [0.05, 0.1) is 4.90 Å². The second-order valence-corrected chi connectivity index (χ2v) is 6.32. The van der Waals surface area contributed by atoms with Crippen LogP contribution in [0.3, 0.4) is 0 Å². The van der Waals surface area contributed by atoms with Gasteiger partial charge < -0.3 is 5.11 Å². The minimum absolute atomic E-state index is 0.152. The Kier molecular flexibility index (Phi) is 6.11. The SMILES string of the molecule is O=S(=O)(NCCCCCO)c1ccc(Br)cc1. The van der Waals surface area contributed by atoms with Crippen LogP contribution >= 0.6 is 15.9 Å². The van der Waals surface area contributed by atoms with E-state index < -0.39 is 10.0 Å². The summed E-state index contributed by atoms with van der Waals surface area (Å²) in [5.74, 6) is 0. The molecule has 1 rings (SSSR count). The molecule has 0 heterocycles. The first-order valence-corrected chi connectivity index (χ1v) is 7.70. The molecule has 1 aromatic carbocycles. The first-order valence-electron chi connectivity index (χ1n) is 5.42. The van der Waals surface area contributed by atoms with Crippen molar-refractivity contribution in [3.8, 4) is 0 Å². The maximum absolute atomic E-state index is 11.8. The van der Waals surface area contributed by atoms with Gasteiger partial charge in [-0.2, -0.15) is 0 Å². The van der Waals surface area contributed by atoms with Crippen LogP contribution in [0.15, 0.2) is 33.6 Å². The quantitative estimate of drug-likeness (QED) is 0.754. The van der Waals surface area contributed by atoms with Crippen LogP contribution in [-0.4, -0.2) is 26.7 Å². The second-order valence-electron chi connectivity index (χ2n) is 3.64. The molecule has 0 bridgehead atoms. The van der Waals surface area contributed by atoms with Gasteiger partial charge in [0, 0.05) is 17.6 Å². The number of hydrogen-bond donors (Lipinski definition) is 2. The summed E-state index contributed by atoms with van der Waals surface area (Å²) in [6.07, 6.45) is 2.26. The van der Waals surface area contributed by atoms with Gasteiger partial charge in [-0.25, -0.2) is 13.1 Å². The van der Waals surface area contributed by atoms with Crippen LogP contribution in [0, 0.1) is 0 Å². The Hall–Kier alpha value is -0.430. The van der Waals surface area contributed by atoms with E-state index in [0.29, 0.717) is 13.0 Å². The topological polar surface area (TPSA) is 66.4 Å².